The fourth-order valence-electron chi connectivity index (χ4n) is 3.34. The van der Waals surface area contributed by atoms with Crippen LogP contribution in [0, 0.1) is 0 Å². The molecule has 0 atom stereocenters. The van der Waals surface area contributed by atoms with Crippen LogP contribution in [0.4, 0.5) is 0 Å². The molecular formula is C22H14N2. The van der Waals surface area contributed by atoms with Crippen molar-refractivity contribution in [2.45, 2.75) is 0 Å². The Balaban J connectivity index is 1.94. The summed E-state index contributed by atoms with van der Waals surface area (Å²) in [5, 5.41) is 4.63. The van der Waals surface area contributed by atoms with Crippen molar-refractivity contribution in [3.8, 4) is 11.3 Å². The van der Waals surface area contributed by atoms with E-state index in [0.29, 0.717) is 0 Å². The smallest absolute Gasteiger partial charge is 0.0722 e. The van der Waals surface area contributed by atoms with E-state index in [9.17, 15) is 0 Å². The lowest BCUT2D eigenvalue weighted by atomic mass is 9.98. The molecule has 0 unspecified atom stereocenters. The minimum absolute atomic E-state index is 0.989. The van der Waals surface area contributed by atoms with Crippen molar-refractivity contribution in [3.63, 3.8) is 0 Å². The summed E-state index contributed by atoms with van der Waals surface area (Å²) < 4.78 is 0. The number of nitrogens with zero attached hydrogens (tertiary/aromatic N) is 2. The third kappa shape index (κ3) is 1.97. The van der Waals surface area contributed by atoms with E-state index in [4.69, 9.17) is 9.97 Å². The molecule has 0 saturated heterocycles. The van der Waals surface area contributed by atoms with Gasteiger partial charge in [-0.2, -0.15) is 0 Å². The number of benzene rings is 3. The van der Waals surface area contributed by atoms with Crippen molar-refractivity contribution in [2.24, 2.45) is 0 Å². The van der Waals surface area contributed by atoms with Gasteiger partial charge in [0, 0.05) is 27.9 Å². The maximum absolute atomic E-state index is 4.80. The van der Waals surface area contributed by atoms with Gasteiger partial charge in [-0.15, -0.1) is 0 Å². The summed E-state index contributed by atoms with van der Waals surface area (Å²) >= 11 is 0. The third-order valence-corrected chi connectivity index (χ3v) is 4.47. The molecule has 5 rings (SSSR count). The van der Waals surface area contributed by atoms with Gasteiger partial charge in [-0.25, -0.2) is 4.98 Å². The van der Waals surface area contributed by atoms with E-state index >= 15 is 0 Å². The minimum atomic E-state index is 0.989. The second-order valence-corrected chi connectivity index (χ2v) is 5.94. The predicted molar refractivity (Wildman–Crippen MR) is 100.0 cm³/mol. The molecule has 0 aliphatic carbocycles. The van der Waals surface area contributed by atoms with Crippen molar-refractivity contribution in [3.05, 3.63) is 85.1 Å². The van der Waals surface area contributed by atoms with Gasteiger partial charge >= 0.3 is 0 Å². The van der Waals surface area contributed by atoms with Gasteiger partial charge in [-0.1, -0.05) is 60.7 Å². The quantitative estimate of drug-likeness (QED) is 0.376. The normalized spacial score (nSPS) is 11.3. The zero-order valence-electron chi connectivity index (χ0n) is 13.0. The Morgan fingerprint density at radius 1 is 0.583 bits per heavy atom. The second kappa shape index (κ2) is 5.14. The molecule has 0 bridgehead atoms. The minimum Gasteiger partial charge on any atom is -0.256 e. The monoisotopic (exact) mass is 306 g/mol. The first kappa shape index (κ1) is 13.2. The van der Waals surface area contributed by atoms with E-state index in [2.05, 4.69) is 60.7 Å². The Morgan fingerprint density at radius 2 is 1.17 bits per heavy atom. The first-order chi connectivity index (χ1) is 11.9. The fraction of sp³-hybridized carbons (Fsp3) is 0. The lowest BCUT2D eigenvalue weighted by Gasteiger charge is -2.11. The number of para-hydroxylation sites is 2. The van der Waals surface area contributed by atoms with E-state index in [1.165, 1.54) is 5.39 Å². The maximum atomic E-state index is 4.80. The summed E-state index contributed by atoms with van der Waals surface area (Å²) in [7, 11) is 0. The molecule has 0 radical (unpaired) electrons. The van der Waals surface area contributed by atoms with Gasteiger partial charge in [-0.3, -0.25) is 4.98 Å². The van der Waals surface area contributed by atoms with Crippen LogP contribution in [0.2, 0.25) is 0 Å². The summed E-state index contributed by atoms with van der Waals surface area (Å²) in [6.45, 7) is 0. The first-order valence-electron chi connectivity index (χ1n) is 8.03. The van der Waals surface area contributed by atoms with Crippen LogP contribution in [0.15, 0.2) is 85.1 Å². The highest BCUT2D eigenvalue weighted by molar-refractivity contribution is 6.09. The van der Waals surface area contributed by atoms with Gasteiger partial charge in [0.25, 0.3) is 0 Å². The topological polar surface area (TPSA) is 25.8 Å². The van der Waals surface area contributed by atoms with Crippen LogP contribution in [0.5, 0.6) is 0 Å². The van der Waals surface area contributed by atoms with Crippen molar-refractivity contribution in [1.82, 2.24) is 9.97 Å². The van der Waals surface area contributed by atoms with Crippen molar-refractivity contribution in [1.29, 1.82) is 0 Å². The fourth-order valence-corrected chi connectivity index (χ4v) is 3.34. The highest BCUT2D eigenvalue weighted by Gasteiger charge is 2.12. The maximum Gasteiger partial charge on any atom is 0.0722 e. The summed E-state index contributed by atoms with van der Waals surface area (Å²) in [6, 6.07) is 27.1. The zero-order chi connectivity index (χ0) is 15.9. The Morgan fingerprint density at radius 3 is 1.88 bits per heavy atom. The molecule has 0 aliphatic heterocycles. The molecule has 24 heavy (non-hydrogen) atoms. The zero-order valence-corrected chi connectivity index (χ0v) is 13.0. The van der Waals surface area contributed by atoms with E-state index in [1.54, 1.807) is 0 Å². The number of pyridine rings is 2. The van der Waals surface area contributed by atoms with Gasteiger partial charge < -0.3 is 0 Å². The Labute approximate surface area is 139 Å². The number of aromatic nitrogens is 2. The number of hydrogen-bond donors (Lipinski definition) is 0. The highest BCUT2D eigenvalue weighted by Crippen LogP contribution is 2.34. The molecule has 2 nitrogen and oxygen atoms in total. The van der Waals surface area contributed by atoms with E-state index < -0.39 is 0 Å². The summed E-state index contributed by atoms with van der Waals surface area (Å²) in [5.41, 5.74) is 4.15. The van der Waals surface area contributed by atoms with Gasteiger partial charge in [-0.05, 0) is 23.6 Å². The van der Waals surface area contributed by atoms with Gasteiger partial charge in [0.2, 0.25) is 0 Å². The lowest BCUT2D eigenvalue weighted by molar-refractivity contribution is 1.36. The van der Waals surface area contributed by atoms with Crippen molar-refractivity contribution < 1.29 is 0 Å². The summed E-state index contributed by atoms with van der Waals surface area (Å²) in [6.07, 6.45) is 1.95. The lowest BCUT2D eigenvalue weighted by Crippen LogP contribution is -1.91. The van der Waals surface area contributed by atoms with Gasteiger partial charge in [0.05, 0.1) is 16.7 Å². The molecule has 0 aliphatic rings. The van der Waals surface area contributed by atoms with Crippen LogP contribution >= 0.6 is 0 Å². The van der Waals surface area contributed by atoms with Gasteiger partial charge in [0.1, 0.15) is 0 Å². The standard InChI is InChI=1S/C22H14N2/c1-2-8-16-14-23-21(13-15(16)7-1)22-17-9-3-5-11-19(17)24-20-12-6-4-10-18(20)22/h1-14H. The predicted octanol–water partition coefficient (Wildman–Crippen LogP) is 5.60. The Bertz CT molecular complexity index is 1150. The van der Waals surface area contributed by atoms with Crippen LogP contribution in [0.1, 0.15) is 0 Å². The summed E-state index contributed by atoms with van der Waals surface area (Å²) in [4.78, 5) is 9.55. The van der Waals surface area contributed by atoms with Gasteiger partial charge in [0.15, 0.2) is 0 Å². The molecule has 2 heteroatoms. The largest absolute Gasteiger partial charge is 0.256 e. The molecule has 5 aromatic rings. The molecule has 0 N–H and O–H groups in total. The number of rotatable bonds is 1. The summed E-state index contributed by atoms with van der Waals surface area (Å²) in [5.74, 6) is 0. The SMILES string of the molecule is c1ccc2cc(-c3c4ccccc4nc4ccccc34)ncc2c1. The molecule has 2 heterocycles. The molecule has 112 valence electrons. The van der Waals surface area contributed by atoms with E-state index in [0.717, 1.165) is 38.4 Å². The Hall–Kier alpha value is -3.26. The molecule has 0 saturated carbocycles. The highest BCUT2D eigenvalue weighted by atomic mass is 14.7. The Kier molecular flexibility index (Phi) is 2.83. The van der Waals surface area contributed by atoms with Crippen LogP contribution in [-0.4, -0.2) is 9.97 Å². The molecule has 3 aromatic carbocycles. The average molecular weight is 306 g/mol. The molecular weight excluding hydrogens is 292 g/mol. The number of fused-ring (bicyclic) bond motifs is 3. The van der Waals surface area contributed by atoms with Crippen LogP contribution in [0.3, 0.4) is 0 Å². The van der Waals surface area contributed by atoms with Crippen molar-refractivity contribution >= 4 is 32.6 Å². The average Bonchev–Trinajstić information content (AvgIpc) is 2.65. The van der Waals surface area contributed by atoms with Crippen LogP contribution < -0.4 is 0 Å². The van der Waals surface area contributed by atoms with E-state index in [1.807, 2.05) is 24.4 Å². The third-order valence-electron chi connectivity index (χ3n) is 4.47. The second-order valence-electron chi connectivity index (χ2n) is 5.94. The number of hydrogen-bond acceptors (Lipinski definition) is 2. The molecule has 0 fully saturated rings. The molecule has 0 spiro atoms. The van der Waals surface area contributed by atoms with Crippen molar-refractivity contribution in [2.75, 3.05) is 0 Å². The van der Waals surface area contributed by atoms with Crippen LogP contribution in [0.25, 0.3) is 43.8 Å². The van der Waals surface area contributed by atoms with Crippen LogP contribution in [-0.2, 0) is 0 Å². The first-order valence-corrected chi connectivity index (χ1v) is 8.03. The van der Waals surface area contributed by atoms with E-state index in [-0.39, 0.29) is 0 Å². The molecule has 2 aromatic heterocycles. The molecule has 0 amide bonds.